The van der Waals surface area contributed by atoms with Crippen molar-refractivity contribution < 1.29 is 18.7 Å². The first-order valence-corrected chi connectivity index (χ1v) is 9.28. The van der Waals surface area contributed by atoms with Crippen LogP contribution in [0.1, 0.15) is 40.6 Å². The van der Waals surface area contributed by atoms with Gasteiger partial charge in [-0.3, -0.25) is 4.79 Å². The predicted octanol–water partition coefficient (Wildman–Crippen LogP) is 4.81. The van der Waals surface area contributed by atoms with Gasteiger partial charge in [-0.05, 0) is 42.1 Å². The Kier molecular flexibility index (Phi) is 5.96. The largest absolute Gasteiger partial charge is 0.493 e. The number of rotatable bonds is 8. The van der Waals surface area contributed by atoms with Gasteiger partial charge in [-0.2, -0.15) is 0 Å². The number of ether oxygens (including phenoxy) is 2. The SMILES string of the molecule is CCC(NC(=O)c1ccc(COc2ccccc2OC)o1)c1cccs1. The molecule has 1 aromatic carbocycles. The average Bonchev–Trinajstić information content (AvgIpc) is 3.36. The van der Waals surface area contributed by atoms with Crippen LogP contribution in [-0.2, 0) is 6.61 Å². The highest BCUT2D eigenvalue weighted by Crippen LogP contribution is 2.27. The van der Waals surface area contributed by atoms with E-state index in [1.807, 2.05) is 48.7 Å². The second-order valence-corrected chi connectivity index (χ2v) is 6.63. The fourth-order valence-electron chi connectivity index (χ4n) is 2.56. The molecular weight excluding hydrogens is 350 g/mol. The number of hydrogen-bond donors (Lipinski definition) is 1. The molecule has 0 bridgehead atoms. The van der Waals surface area contributed by atoms with Crippen molar-refractivity contribution in [1.29, 1.82) is 0 Å². The second kappa shape index (κ2) is 8.58. The van der Waals surface area contributed by atoms with E-state index in [2.05, 4.69) is 5.32 Å². The fourth-order valence-corrected chi connectivity index (χ4v) is 3.42. The van der Waals surface area contributed by atoms with Crippen LogP contribution in [0.5, 0.6) is 11.5 Å². The Bertz CT molecular complexity index is 841. The van der Waals surface area contributed by atoms with E-state index in [9.17, 15) is 4.79 Å². The van der Waals surface area contributed by atoms with Crippen LogP contribution >= 0.6 is 11.3 Å². The van der Waals surface area contributed by atoms with Gasteiger partial charge < -0.3 is 19.2 Å². The molecule has 0 aliphatic heterocycles. The number of nitrogens with one attached hydrogen (secondary N) is 1. The molecule has 3 aromatic rings. The minimum Gasteiger partial charge on any atom is -0.493 e. The van der Waals surface area contributed by atoms with Gasteiger partial charge in [0.05, 0.1) is 13.2 Å². The van der Waals surface area contributed by atoms with Gasteiger partial charge in [0.15, 0.2) is 17.3 Å². The van der Waals surface area contributed by atoms with Gasteiger partial charge >= 0.3 is 0 Å². The third-order valence-corrected chi connectivity index (χ3v) is 4.91. The van der Waals surface area contributed by atoms with Gasteiger partial charge in [0.2, 0.25) is 0 Å². The summed E-state index contributed by atoms with van der Waals surface area (Å²) >= 11 is 1.63. The van der Waals surface area contributed by atoms with Crippen LogP contribution in [0.15, 0.2) is 58.3 Å². The maximum Gasteiger partial charge on any atom is 0.287 e. The number of methoxy groups -OCH3 is 1. The lowest BCUT2D eigenvalue weighted by atomic mass is 10.2. The first-order valence-electron chi connectivity index (χ1n) is 8.40. The molecule has 0 radical (unpaired) electrons. The molecule has 5 nitrogen and oxygen atoms in total. The average molecular weight is 371 g/mol. The maximum atomic E-state index is 12.4. The smallest absolute Gasteiger partial charge is 0.287 e. The van der Waals surface area contributed by atoms with Gasteiger partial charge in [0.25, 0.3) is 5.91 Å². The Hall–Kier alpha value is -2.73. The molecule has 2 aromatic heterocycles. The standard InChI is InChI=1S/C20H21NO4S/c1-3-15(19-9-6-12-26-19)21-20(22)18-11-10-14(25-18)13-24-17-8-5-4-7-16(17)23-2/h4-12,15H,3,13H2,1-2H3,(H,21,22). The lowest BCUT2D eigenvalue weighted by Crippen LogP contribution is -2.27. The van der Waals surface area contributed by atoms with Crippen molar-refractivity contribution in [2.45, 2.75) is 26.0 Å². The molecule has 1 N–H and O–H groups in total. The van der Waals surface area contributed by atoms with E-state index in [-0.39, 0.29) is 24.3 Å². The highest BCUT2D eigenvalue weighted by atomic mass is 32.1. The molecule has 0 aliphatic carbocycles. The highest BCUT2D eigenvalue weighted by Gasteiger charge is 2.18. The van der Waals surface area contributed by atoms with Crippen molar-refractivity contribution in [2.24, 2.45) is 0 Å². The summed E-state index contributed by atoms with van der Waals surface area (Å²) in [6.07, 6.45) is 0.816. The van der Waals surface area contributed by atoms with Gasteiger partial charge in [-0.25, -0.2) is 0 Å². The summed E-state index contributed by atoms with van der Waals surface area (Å²) in [5, 5.41) is 5.01. The van der Waals surface area contributed by atoms with Gasteiger partial charge in [-0.1, -0.05) is 25.1 Å². The third kappa shape index (κ3) is 4.26. The van der Waals surface area contributed by atoms with E-state index in [1.165, 1.54) is 0 Å². The van der Waals surface area contributed by atoms with E-state index in [0.717, 1.165) is 11.3 Å². The van der Waals surface area contributed by atoms with Gasteiger partial charge in [0.1, 0.15) is 12.4 Å². The van der Waals surface area contributed by atoms with Gasteiger partial charge in [0, 0.05) is 4.88 Å². The van der Waals surface area contributed by atoms with E-state index in [1.54, 1.807) is 30.6 Å². The van der Waals surface area contributed by atoms with E-state index in [0.29, 0.717) is 17.3 Å². The molecule has 1 atom stereocenters. The van der Waals surface area contributed by atoms with Crippen molar-refractivity contribution in [2.75, 3.05) is 7.11 Å². The number of benzene rings is 1. The Morgan fingerprint density at radius 2 is 1.96 bits per heavy atom. The number of amides is 1. The number of carbonyl (C=O) groups excluding carboxylic acids is 1. The van der Waals surface area contributed by atoms with E-state index in [4.69, 9.17) is 13.9 Å². The molecule has 6 heteroatoms. The second-order valence-electron chi connectivity index (χ2n) is 5.66. The van der Waals surface area contributed by atoms with E-state index < -0.39 is 0 Å². The Labute approximate surface area is 156 Å². The zero-order valence-corrected chi connectivity index (χ0v) is 15.5. The maximum absolute atomic E-state index is 12.4. The molecule has 3 rings (SSSR count). The van der Waals surface area contributed by atoms with Crippen molar-refractivity contribution in [3.05, 3.63) is 70.3 Å². The molecular formula is C20H21NO4S. The minimum absolute atomic E-state index is 0.0131. The minimum atomic E-state index is -0.228. The highest BCUT2D eigenvalue weighted by molar-refractivity contribution is 7.10. The lowest BCUT2D eigenvalue weighted by Gasteiger charge is -2.14. The first kappa shape index (κ1) is 18.1. The van der Waals surface area contributed by atoms with E-state index >= 15 is 0 Å². The molecule has 136 valence electrons. The topological polar surface area (TPSA) is 60.7 Å². The summed E-state index contributed by atoms with van der Waals surface area (Å²) in [6, 6.07) is 14.8. The Morgan fingerprint density at radius 1 is 1.15 bits per heavy atom. The van der Waals surface area contributed by atoms with Crippen molar-refractivity contribution in [3.63, 3.8) is 0 Å². The Morgan fingerprint density at radius 3 is 2.65 bits per heavy atom. The molecule has 0 spiro atoms. The van der Waals surface area contributed by atoms with Crippen LogP contribution in [0.4, 0.5) is 0 Å². The summed E-state index contributed by atoms with van der Waals surface area (Å²) < 4.78 is 16.6. The summed E-state index contributed by atoms with van der Waals surface area (Å²) in [7, 11) is 1.59. The third-order valence-electron chi connectivity index (χ3n) is 3.92. The zero-order chi connectivity index (χ0) is 18.4. The Balaban J connectivity index is 1.61. The van der Waals surface area contributed by atoms with Crippen molar-refractivity contribution >= 4 is 17.2 Å². The number of hydrogen-bond acceptors (Lipinski definition) is 5. The molecule has 26 heavy (non-hydrogen) atoms. The summed E-state index contributed by atoms with van der Waals surface area (Å²) in [5.74, 6) is 1.90. The van der Waals surface area contributed by atoms with Crippen molar-refractivity contribution in [1.82, 2.24) is 5.32 Å². The molecule has 1 amide bonds. The predicted molar refractivity (Wildman–Crippen MR) is 101 cm³/mol. The summed E-state index contributed by atoms with van der Waals surface area (Å²) in [6.45, 7) is 2.26. The van der Waals surface area contributed by atoms with Gasteiger partial charge in [-0.15, -0.1) is 11.3 Å². The van der Waals surface area contributed by atoms with Crippen LogP contribution in [0.3, 0.4) is 0 Å². The summed E-state index contributed by atoms with van der Waals surface area (Å²) in [5.41, 5.74) is 0. The monoisotopic (exact) mass is 371 g/mol. The lowest BCUT2D eigenvalue weighted by molar-refractivity contribution is 0.0904. The number of para-hydroxylation sites is 2. The molecule has 0 aliphatic rings. The molecule has 0 saturated carbocycles. The molecule has 0 fully saturated rings. The molecule has 2 heterocycles. The van der Waals surface area contributed by atoms with Crippen LogP contribution in [-0.4, -0.2) is 13.0 Å². The number of furan rings is 1. The van der Waals surface area contributed by atoms with Crippen LogP contribution in [0, 0.1) is 0 Å². The van der Waals surface area contributed by atoms with Crippen molar-refractivity contribution in [3.8, 4) is 11.5 Å². The first-order chi connectivity index (χ1) is 12.7. The summed E-state index contributed by atoms with van der Waals surface area (Å²) in [4.78, 5) is 13.6. The zero-order valence-electron chi connectivity index (χ0n) is 14.7. The number of carbonyl (C=O) groups is 1. The van der Waals surface area contributed by atoms with Crippen LogP contribution < -0.4 is 14.8 Å². The quantitative estimate of drug-likeness (QED) is 0.617. The normalized spacial score (nSPS) is 11.8. The number of thiophene rings is 1. The fraction of sp³-hybridized carbons (Fsp3) is 0.250. The van der Waals surface area contributed by atoms with Crippen LogP contribution in [0.25, 0.3) is 0 Å². The molecule has 1 unspecified atom stereocenters. The van der Waals surface area contributed by atoms with Crippen LogP contribution in [0.2, 0.25) is 0 Å². The molecule has 0 saturated heterocycles.